The SMILES string of the molecule is CCOc1cc(C(=O)N2C3CCC2CC(O)C3)ccc1OCC(=O)O. The van der Waals surface area contributed by atoms with E-state index in [0.717, 1.165) is 12.8 Å². The van der Waals surface area contributed by atoms with Crippen molar-refractivity contribution in [2.45, 2.75) is 50.8 Å². The minimum Gasteiger partial charge on any atom is -0.490 e. The van der Waals surface area contributed by atoms with Crippen LogP contribution in [0.2, 0.25) is 0 Å². The molecule has 7 nitrogen and oxygen atoms in total. The number of hydrogen-bond acceptors (Lipinski definition) is 5. The zero-order valence-electron chi connectivity index (χ0n) is 14.2. The van der Waals surface area contributed by atoms with Crippen molar-refractivity contribution in [2.24, 2.45) is 0 Å². The third kappa shape index (κ3) is 3.71. The Morgan fingerprint density at radius 2 is 1.84 bits per heavy atom. The van der Waals surface area contributed by atoms with Crippen LogP contribution in [-0.2, 0) is 4.79 Å². The Balaban J connectivity index is 1.81. The van der Waals surface area contributed by atoms with Crippen molar-refractivity contribution in [3.8, 4) is 11.5 Å². The van der Waals surface area contributed by atoms with Gasteiger partial charge in [0.05, 0.1) is 12.7 Å². The molecule has 3 rings (SSSR count). The molecule has 0 aromatic heterocycles. The molecule has 2 atom stereocenters. The lowest BCUT2D eigenvalue weighted by Crippen LogP contribution is -2.48. The topological polar surface area (TPSA) is 96.3 Å². The smallest absolute Gasteiger partial charge is 0.341 e. The Bertz CT molecular complexity index is 647. The maximum Gasteiger partial charge on any atom is 0.341 e. The predicted molar refractivity (Wildman–Crippen MR) is 89.0 cm³/mol. The van der Waals surface area contributed by atoms with Crippen LogP contribution >= 0.6 is 0 Å². The third-order valence-electron chi connectivity index (χ3n) is 4.78. The van der Waals surface area contributed by atoms with Crippen molar-refractivity contribution in [1.29, 1.82) is 0 Å². The summed E-state index contributed by atoms with van der Waals surface area (Å²) in [7, 11) is 0. The minimum absolute atomic E-state index is 0.0786. The first-order chi connectivity index (χ1) is 12.0. The molecule has 0 radical (unpaired) electrons. The van der Waals surface area contributed by atoms with Gasteiger partial charge in [-0.15, -0.1) is 0 Å². The second kappa shape index (κ2) is 7.31. The fourth-order valence-corrected chi connectivity index (χ4v) is 3.80. The highest BCUT2D eigenvalue weighted by atomic mass is 16.5. The first-order valence-electron chi connectivity index (χ1n) is 8.61. The number of amides is 1. The van der Waals surface area contributed by atoms with Crippen molar-refractivity contribution < 1.29 is 29.3 Å². The Hall–Kier alpha value is -2.28. The van der Waals surface area contributed by atoms with E-state index >= 15 is 0 Å². The minimum atomic E-state index is -1.08. The normalized spacial score (nSPS) is 24.9. The lowest BCUT2D eigenvalue weighted by Gasteiger charge is -2.37. The largest absolute Gasteiger partial charge is 0.490 e. The monoisotopic (exact) mass is 349 g/mol. The van der Waals surface area contributed by atoms with Crippen LogP contribution in [-0.4, -0.2) is 58.4 Å². The number of carbonyl (C=O) groups excluding carboxylic acids is 1. The van der Waals surface area contributed by atoms with Crippen molar-refractivity contribution >= 4 is 11.9 Å². The summed E-state index contributed by atoms with van der Waals surface area (Å²) < 4.78 is 10.7. The maximum absolute atomic E-state index is 13.0. The van der Waals surface area contributed by atoms with Crippen LogP contribution < -0.4 is 9.47 Å². The number of benzene rings is 1. The molecule has 2 bridgehead atoms. The van der Waals surface area contributed by atoms with Gasteiger partial charge in [0.25, 0.3) is 5.91 Å². The first kappa shape index (κ1) is 17.5. The highest BCUT2D eigenvalue weighted by Crippen LogP contribution is 2.37. The summed E-state index contributed by atoms with van der Waals surface area (Å²) in [6.45, 7) is 1.71. The van der Waals surface area contributed by atoms with Crippen LogP contribution in [0.3, 0.4) is 0 Å². The number of aliphatic hydroxyl groups excluding tert-OH is 1. The lowest BCUT2D eigenvalue weighted by molar-refractivity contribution is -0.139. The standard InChI is InChI=1S/C18H23NO6/c1-2-24-16-7-11(3-6-15(16)25-10-17(21)22)18(23)19-12-4-5-13(19)9-14(20)8-12/h3,6-7,12-14,20H,2,4-5,8-10H2,1H3,(H,21,22). The Morgan fingerprint density at radius 3 is 2.44 bits per heavy atom. The highest BCUT2D eigenvalue weighted by molar-refractivity contribution is 5.95. The van der Waals surface area contributed by atoms with Crippen LogP contribution in [0.1, 0.15) is 43.0 Å². The third-order valence-corrected chi connectivity index (χ3v) is 4.78. The second-order valence-electron chi connectivity index (χ2n) is 6.50. The van der Waals surface area contributed by atoms with Crippen LogP contribution in [0.25, 0.3) is 0 Å². The quantitative estimate of drug-likeness (QED) is 0.811. The van der Waals surface area contributed by atoms with Crippen molar-refractivity contribution in [2.75, 3.05) is 13.2 Å². The Morgan fingerprint density at radius 1 is 1.16 bits per heavy atom. The van der Waals surface area contributed by atoms with E-state index in [4.69, 9.17) is 14.6 Å². The van der Waals surface area contributed by atoms with Crippen molar-refractivity contribution in [3.63, 3.8) is 0 Å². The highest BCUT2D eigenvalue weighted by Gasteiger charge is 2.43. The number of carbonyl (C=O) groups is 2. The van der Waals surface area contributed by atoms with Gasteiger partial charge in [-0.1, -0.05) is 0 Å². The second-order valence-corrected chi connectivity index (χ2v) is 6.50. The summed E-state index contributed by atoms with van der Waals surface area (Å²) >= 11 is 0. The fourth-order valence-electron chi connectivity index (χ4n) is 3.80. The van der Waals surface area contributed by atoms with E-state index in [1.807, 2.05) is 11.8 Å². The summed E-state index contributed by atoms with van der Waals surface area (Å²) in [5.41, 5.74) is 0.486. The van der Waals surface area contributed by atoms with Crippen LogP contribution in [0.5, 0.6) is 11.5 Å². The Kier molecular flexibility index (Phi) is 5.13. The number of aliphatic carboxylic acids is 1. The van der Waals surface area contributed by atoms with Gasteiger partial charge in [0.2, 0.25) is 0 Å². The molecule has 2 N–H and O–H groups in total. The van der Waals surface area contributed by atoms with Gasteiger partial charge in [-0.05, 0) is 50.8 Å². The molecule has 2 heterocycles. The van der Waals surface area contributed by atoms with Gasteiger partial charge in [0.1, 0.15) is 0 Å². The van der Waals surface area contributed by atoms with Crippen LogP contribution in [0.15, 0.2) is 18.2 Å². The summed E-state index contributed by atoms with van der Waals surface area (Å²) in [6.07, 6.45) is 2.77. The number of fused-ring (bicyclic) bond motifs is 2. The van der Waals surface area contributed by atoms with E-state index in [1.165, 1.54) is 0 Å². The van der Waals surface area contributed by atoms with E-state index in [-0.39, 0.29) is 24.1 Å². The van der Waals surface area contributed by atoms with Gasteiger partial charge in [-0.2, -0.15) is 0 Å². The molecule has 0 spiro atoms. The molecule has 2 aliphatic heterocycles. The van der Waals surface area contributed by atoms with Gasteiger partial charge in [-0.25, -0.2) is 4.79 Å². The molecule has 7 heteroatoms. The molecule has 1 aromatic carbocycles. The fraction of sp³-hybridized carbons (Fsp3) is 0.556. The van der Waals surface area contributed by atoms with Crippen molar-refractivity contribution in [1.82, 2.24) is 4.90 Å². The molecule has 0 aliphatic carbocycles. The number of carboxylic acids is 1. The number of hydrogen-bond donors (Lipinski definition) is 2. The lowest BCUT2D eigenvalue weighted by atomic mass is 9.98. The van der Waals surface area contributed by atoms with Gasteiger partial charge in [0.15, 0.2) is 18.1 Å². The van der Waals surface area contributed by atoms with E-state index in [9.17, 15) is 14.7 Å². The zero-order chi connectivity index (χ0) is 18.0. The van der Waals surface area contributed by atoms with Crippen LogP contribution in [0.4, 0.5) is 0 Å². The molecular weight excluding hydrogens is 326 g/mol. The summed E-state index contributed by atoms with van der Waals surface area (Å²) in [5, 5.41) is 18.6. The number of ether oxygens (including phenoxy) is 2. The van der Waals surface area contributed by atoms with Gasteiger partial charge >= 0.3 is 5.97 Å². The predicted octanol–water partition coefficient (Wildman–Crippen LogP) is 1.68. The molecule has 25 heavy (non-hydrogen) atoms. The molecule has 1 aromatic rings. The van der Waals surface area contributed by atoms with E-state index in [0.29, 0.717) is 36.5 Å². The summed E-state index contributed by atoms with van der Waals surface area (Å²) in [6, 6.07) is 4.97. The van der Waals surface area contributed by atoms with Gasteiger partial charge in [-0.3, -0.25) is 4.79 Å². The van der Waals surface area contributed by atoms with Crippen LogP contribution in [0, 0.1) is 0 Å². The first-order valence-corrected chi connectivity index (χ1v) is 8.61. The molecule has 136 valence electrons. The van der Waals surface area contributed by atoms with Crippen molar-refractivity contribution in [3.05, 3.63) is 23.8 Å². The molecule has 1 amide bonds. The molecule has 2 saturated heterocycles. The number of piperidine rings is 1. The molecular formula is C18H23NO6. The number of rotatable bonds is 6. The van der Waals surface area contributed by atoms with Gasteiger partial charge < -0.3 is 24.6 Å². The number of aliphatic hydroxyl groups is 1. The average Bonchev–Trinajstić information content (AvgIpc) is 2.84. The molecule has 2 fully saturated rings. The zero-order valence-corrected chi connectivity index (χ0v) is 14.2. The number of carboxylic acid groups (broad SMARTS) is 1. The summed E-state index contributed by atoms with van der Waals surface area (Å²) in [5.74, 6) is -0.493. The van der Waals surface area contributed by atoms with E-state index < -0.39 is 12.6 Å². The van der Waals surface area contributed by atoms with E-state index in [2.05, 4.69) is 0 Å². The molecule has 2 unspecified atom stereocenters. The maximum atomic E-state index is 13.0. The van der Waals surface area contributed by atoms with E-state index in [1.54, 1.807) is 18.2 Å². The summed E-state index contributed by atoms with van der Waals surface area (Å²) in [4.78, 5) is 25.5. The number of nitrogens with zero attached hydrogens (tertiary/aromatic N) is 1. The average molecular weight is 349 g/mol. The molecule has 0 saturated carbocycles. The molecule has 2 aliphatic rings. The van der Waals surface area contributed by atoms with Gasteiger partial charge in [0, 0.05) is 17.6 Å². The Labute approximate surface area is 146 Å².